The number of aromatic nitrogens is 18. The third-order valence-electron chi connectivity index (χ3n) is 7.45. The first-order valence-corrected chi connectivity index (χ1v) is 18.7. The monoisotopic (exact) mass is 911 g/mol. The van der Waals surface area contributed by atoms with Gasteiger partial charge in [-0.3, -0.25) is 39.9 Å². The summed E-state index contributed by atoms with van der Waals surface area (Å²) in [7, 11) is 9.53. The van der Waals surface area contributed by atoms with Crippen LogP contribution in [0.4, 0.5) is 4.79 Å². The number of hydrogen-bond acceptors (Lipinski definition) is 20. The number of cyclic esters (lactones) is 2. The molecule has 11 heterocycles. The molecule has 0 saturated carbocycles. The number of nitrogens with two attached hydrogens (primary N) is 2. The average Bonchev–Trinajstić information content (AvgIpc) is 4.02. The molecule has 24 nitrogen and oxygen atoms in total. The summed E-state index contributed by atoms with van der Waals surface area (Å²) in [4.78, 5) is 111. The van der Waals surface area contributed by atoms with E-state index < -0.39 is 18.0 Å². The van der Waals surface area contributed by atoms with Crippen molar-refractivity contribution in [3.8, 4) is 46.1 Å². The summed E-state index contributed by atoms with van der Waals surface area (Å²) in [5.41, 5.74) is 12.9. The van der Waals surface area contributed by atoms with E-state index in [2.05, 4.69) is 106 Å². The second-order valence-electron chi connectivity index (χ2n) is 10.9. The van der Waals surface area contributed by atoms with Gasteiger partial charge in [-0.05, 0) is 0 Å². The number of primary amides is 2. The molecule has 11 rings (SSSR count). The Morgan fingerprint density at radius 2 is 0.678 bits per heavy atom. The predicted octanol–water partition coefficient (Wildman–Crippen LogP) is 1.47. The van der Waals surface area contributed by atoms with Crippen LogP contribution < -0.4 is 21.4 Å². The molecule has 59 heavy (non-hydrogen) atoms. The summed E-state index contributed by atoms with van der Waals surface area (Å²) in [5.74, 6) is -0.439. The number of hydrogen-bond donors (Lipinski definition) is 2. The van der Waals surface area contributed by atoms with Crippen molar-refractivity contribution in [3.05, 3.63) is 73.4 Å². The Morgan fingerprint density at radius 3 is 0.932 bits per heavy atom. The smallest absolute Gasteiger partial charge is 0.354 e. The SMILES string of the molecule is NC(N)=O.O=C1OC(=O)c2nccnc21.[Cl][Fe][Cl].[Mn+2].c1cnc2c(n1)-c1nc-2nc2[n-]c(nc3nc(nc4[n-]c(n1)c1nccnc41)-c1nccnc1-3)c1nccnc21. The molecular weight excluding hydrogens is 898 g/mol. The Labute approximate surface area is 351 Å². The minimum absolute atomic E-state index is 0. The number of urea groups is 1. The summed E-state index contributed by atoms with van der Waals surface area (Å²) in [6.45, 7) is 0. The standard InChI is InChI=1S/C24H8N16.C6H2N2O3.CH4N2O.2ClH.Fe.Mn/c1-2-26-10-9(25-1)17-33-18(10)38-20-13-14(30-6-5-29-13)22(35-20)40-24-16-15(31-7-8-32-16)23(36-24)39-21-12-11(19(34-21)37-17)27-3-4-28-12;9-5-3-4(6(10)11-5)8-2-1-7-3;2-1(3)4;;;;/h1-8H;1-2H;(H4,2,3,4);2*1H;;/q-2;;;;;2*+2/p-2. The molecule has 4 N–H and O–H groups in total. The number of amides is 2. The van der Waals surface area contributed by atoms with Gasteiger partial charge in [0.15, 0.2) is 11.4 Å². The Morgan fingerprint density at radius 1 is 0.458 bits per heavy atom. The van der Waals surface area contributed by atoms with Crippen LogP contribution in [0.25, 0.3) is 90.7 Å². The van der Waals surface area contributed by atoms with E-state index in [0.717, 1.165) is 0 Å². The fourth-order valence-corrected chi connectivity index (χ4v) is 5.33. The topological polar surface area (TPSA) is 347 Å². The van der Waals surface area contributed by atoms with Gasteiger partial charge in [-0.1, -0.05) is 0 Å². The van der Waals surface area contributed by atoms with Crippen LogP contribution >= 0.6 is 20.2 Å². The van der Waals surface area contributed by atoms with Crippen LogP contribution in [0.2, 0.25) is 0 Å². The van der Waals surface area contributed by atoms with E-state index in [0.29, 0.717) is 44.8 Å². The zero-order chi connectivity index (χ0) is 40.3. The van der Waals surface area contributed by atoms with Crippen molar-refractivity contribution < 1.29 is 49.3 Å². The molecule has 0 fully saturated rings. The Hall–Kier alpha value is -7.21. The molecule has 2 amide bonds. The molecule has 8 bridgehead atoms. The van der Waals surface area contributed by atoms with Gasteiger partial charge < -0.3 is 46.1 Å². The maximum Gasteiger partial charge on any atom is 2.00 e. The first-order chi connectivity index (χ1) is 28.2. The Balaban J connectivity index is 0.000000233. The number of fused-ring (bicyclic) bond motifs is 21. The number of ether oxygens (including phenoxy) is 1. The first kappa shape index (κ1) is 40.0. The number of carbonyl (C=O) groups excluding carboxylic acids is 3. The van der Waals surface area contributed by atoms with Crippen molar-refractivity contribution in [2.75, 3.05) is 0 Å². The van der Waals surface area contributed by atoms with E-state index in [4.69, 9.17) is 25.0 Å². The zero-order valence-corrected chi connectivity index (χ0v) is 32.4. The van der Waals surface area contributed by atoms with Crippen LogP contribution in [0.3, 0.4) is 0 Å². The van der Waals surface area contributed by atoms with E-state index >= 15 is 0 Å². The quantitative estimate of drug-likeness (QED) is 0.124. The van der Waals surface area contributed by atoms with E-state index in [1.54, 1.807) is 49.6 Å². The van der Waals surface area contributed by atoms with E-state index in [1.165, 1.54) is 12.4 Å². The molecule has 3 aliphatic rings. The van der Waals surface area contributed by atoms with Gasteiger partial charge >= 0.3 is 68.4 Å². The summed E-state index contributed by atoms with van der Waals surface area (Å²) in [6, 6.07) is -0.833. The molecule has 28 heteroatoms. The largest absolute Gasteiger partial charge is 2.00 e. The summed E-state index contributed by atoms with van der Waals surface area (Å²) in [6.07, 6.45) is 15.1. The molecule has 0 spiro atoms. The molecule has 0 atom stereocenters. The second-order valence-corrected chi connectivity index (χ2v) is 12.7. The van der Waals surface area contributed by atoms with E-state index in [9.17, 15) is 9.59 Å². The molecular formula is C31H14Cl2FeMnN20O4. The number of rotatable bonds is 0. The van der Waals surface area contributed by atoms with Crippen molar-refractivity contribution in [2.45, 2.75) is 0 Å². The molecule has 0 unspecified atom stereocenters. The van der Waals surface area contributed by atoms with E-state index in [1.807, 2.05) is 0 Å². The number of nitrogens with zero attached hydrogens (tertiary/aromatic N) is 18. The van der Waals surface area contributed by atoms with Crippen molar-refractivity contribution in [1.82, 2.24) is 89.7 Å². The third-order valence-corrected chi connectivity index (χ3v) is 7.45. The molecule has 8 aromatic heterocycles. The van der Waals surface area contributed by atoms with Crippen LogP contribution in [-0.2, 0) is 34.9 Å². The number of halogens is 2. The van der Waals surface area contributed by atoms with Crippen LogP contribution in [0.1, 0.15) is 21.0 Å². The number of carbonyl (C=O) groups is 3. The average molecular weight is 912 g/mol. The first-order valence-electron chi connectivity index (χ1n) is 15.7. The molecule has 0 saturated heterocycles. The zero-order valence-electron chi connectivity index (χ0n) is 28.6. The van der Waals surface area contributed by atoms with Gasteiger partial charge in [-0.2, -0.15) is 0 Å². The maximum atomic E-state index is 10.7. The van der Waals surface area contributed by atoms with E-state index in [-0.39, 0.29) is 87.5 Å². The van der Waals surface area contributed by atoms with Gasteiger partial charge in [-0.15, -0.1) is 0 Å². The Kier molecular flexibility index (Phi) is 11.6. The molecule has 0 aliphatic carbocycles. The van der Waals surface area contributed by atoms with Crippen molar-refractivity contribution in [1.29, 1.82) is 0 Å². The second kappa shape index (κ2) is 17.1. The molecule has 3 aliphatic heterocycles. The van der Waals surface area contributed by atoms with Crippen LogP contribution in [0.15, 0.2) is 62.0 Å². The van der Waals surface area contributed by atoms with Crippen molar-refractivity contribution in [3.63, 3.8) is 0 Å². The van der Waals surface area contributed by atoms with Gasteiger partial charge in [0.05, 0.1) is 0 Å². The normalized spacial score (nSPS) is 11.6. The summed E-state index contributed by atoms with van der Waals surface area (Å²) >= 11 is 0.194. The fourth-order valence-electron chi connectivity index (χ4n) is 5.33. The van der Waals surface area contributed by atoms with Gasteiger partial charge in [0.25, 0.3) is 0 Å². The minimum atomic E-state index is -0.833. The van der Waals surface area contributed by atoms with Crippen molar-refractivity contribution in [2.24, 2.45) is 11.5 Å². The van der Waals surface area contributed by atoms with Crippen LogP contribution in [0.5, 0.6) is 0 Å². The van der Waals surface area contributed by atoms with Gasteiger partial charge in [0.2, 0.25) is 0 Å². The fraction of sp³-hybridized carbons (Fsp3) is 0. The van der Waals surface area contributed by atoms with Crippen molar-refractivity contribution >= 4 is 82.8 Å². The molecule has 8 aromatic rings. The van der Waals surface area contributed by atoms with Gasteiger partial charge in [0.1, 0.15) is 68.1 Å². The van der Waals surface area contributed by atoms with Crippen LogP contribution in [-0.4, -0.2) is 97.7 Å². The molecule has 291 valence electrons. The molecule has 1 radical (unpaired) electrons. The predicted molar refractivity (Wildman–Crippen MR) is 194 cm³/mol. The number of esters is 2. The van der Waals surface area contributed by atoms with Gasteiger partial charge in [-0.25, -0.2) is 34.3 Å². The van der Waals surface area contributed by atoms with Gasteiger partial charge in [0, 0.05) is 84.6 Å². The Bertz CT molecular complexity index is 2780. The molecule has 0 aromatic carbocycles. The summed E-state index contributed by atoms with van der Waals surface area (Å²) in [5, 5.41) is 0. The maximum absolute atomic E-state index is 10.7. The third kappa shape index (κ3) is 7.89. The van der Waals surface area contributed by atoms with Crippen LogP contribution in [0, 0.1) is 0 Å². The minimum Gasteiger partial charge on any atom is -0.354 e. The summed E-state index contributed by atoms with van der Waals surface area (Å²) < 4.78 is 4.23.